The Hall–Kier alpha value is -4.70. The Bertz CT molecular complexity index is 2030. The monoisotopic (exact) mass is 676 g/mol. The zero-order chi connectivity index (χ0) is 34.9. The fourth-order valence-electron chi connectivity index (χ4n) is 7.69. The predicted molar refractivity (Wildman–Crippen MR) is 196 cm³/mol. The van der Waals surface area contributed by atoms with E-state index >= 15 is 0 Å². The molecule has 0 saturated carbocycles. The van der Waals surface area contributed by atoms with Crippen LogP contribution in [0.1, 0.15) is 95.5 Å². The van der Waals surface area contributed by atoms with Crippen LogP contribution in [-0.2, 0) is 20.9 Å². The molecule has 3 aromatic carbocycles. The first kappa shape index (κ1) is 33.8. The van der Waals surface area contributed by atoms with Crippen LogP contribution in [0.3, 0.4) is 0 Å². The van der Waals surface area contributed by atoms with Crippen molar-refractivity contribution in [2.45, 2.75) is 84.9 Å². The number of methoxy groups -OCH3 is 1. The Morgan fingerprint density at radius 2 is 1.90 bits per heavy atom. The molecule has 0 spiro atoms. The van der Waals surface area contributed by atoms with Crippen LogP contribution in [0.25, 0.3) is 44.2 Å². The molecule has 0 bridgehead atoms. The first-order valence-corrected chi connectivity index (χ1v) is 18.1. The maximum atomic E-state index is 13.1. The number of hydrogen-bond acceptors (Lipinski definition) is 6. The fourth-order valence-corrected chi connectivity index (χ4v) is 7.69. The number of rotatable bonds is 12. The number of ether oxygens (including phenoxy) is 2. The summed E-state index contributed by atoms with van der Waals surface area (Å²) in [6.45, 7) is 10.7. The van der Waals surface area contributed by atoms with Gasteiger partial charge in [0.05, 0.1) is 41.6 Å². The molecule has 2 aromatic heterocycles. The average Bonchev–Trinajstić information content (AvgIpc) is 3.90. The van der Waals surface area contributed by atoms with Crippen LogP contribution in [0, 0.1) is 5.92 Å². The molecule has 10 heteroatoms. The SMILES string of the molecule is CCCC(=O)N(CC(C)COC)C(C)c1ncc(-c2ccc3c(c2)COc2cc4c(ccc5[nH]c(C6CCCN6C(=O)CCC)nc54)cc2-3)[nH]1. The molecule has 3 atom stereocenters. The molecular formula is C40H48N6O4. The van der Waals surface area contributed by atoms with E-state index in [2.05, 4.69) is 59.4 Å². The number of fused-ring (bicyclic) bond motifs is 6. The molecule has 50 heavy (non-hydrogen) atoms. The van der Waals surface area contributed by atoms with Gasteiger partial charge in [-0.25, -0.2) is 9.97 Å². The highest BCUT2D eigenvalue weighted by molar-refractivity contribution is 6.07. The zero-order valence-electron chi connectivity index (χ0n) is 29.8. The molecule has 2 aliphatic heterocycles. The summed E-state index contributed by atoms with van der Waals surface area (Å²) in [4.78, 5) is 46.7. The molecule has 262 valence electrons. The molecule has 0 radical (unpaired) electrons. The highest BCUT2D eigenvalue weighted by atomic mass is 16.5. The van der Waals surface area contributed by atoms with Crippen molar-refractivity contribution < 1.29 is 19.1 Å². The van der Waals surface area contributed by atoms with Crippen LogP contribution >= 0.6 is 0 Å². The van der Waals surface area contributed by atoms with Gasteiger partial charge in [0, 0.05) is 44.0 Å². The number of carbonyl (C=O) groups is 2. The van der Waals surface area contributed by atoms with Crippen LogP contribution < -0.4 is 4.74 Å². The van der Waals surface area contributed by atoms with Gasteiger partial charge in [-0.1, -0.05) is 39.0 Å². The largest absolute Gasteiger partial charge is 0.488 e. The summed E-state index contributed by atoms with van der Waals surface area (Å²) in [7, 11) is 1.69. The quantitative estimate of drug-likeness (QED) is 0.138. The summed E-state index contributed by atoms with van der Waals surface area (Å²) in [5.41, 5.74) is 7.11. The third kappa shape index (κ3) is 6.37. The molecule has 7 rings (SSSR count). The van der Waals surface area contributed by atoms with E-state index < -0.39 is 0 Å². The Balaban J connectivity index is 1.15. The number of nitrogens with zero attached hydrogens (tertiary/aromatic N) is 4. The number of carbonyl (C=O) groups excluding carboxylic acids is 2. The van der Waals surface area contributed by atoms with Gasteiger partial charge in [-0.05, 0) is 84.9 Å². The third-order valence-electron chi connectivity index (χ3n) is 10.2. The molecule has 2 aliphatic rings. The minimum Gasteiger partial charge on any atom is -0.488 e. The molecule has 10 nitrogen and oxygen atoms in total. The van der Waals surface area contributed by atoms with E-state index in [1.807, 2.05) is 36.8 Å². The van der Waals surface area contributed by atoms with Gasteiger partial charge in [-0.3, -0.25) is 9.59 Å². The normalized spacial score (nSPS) is 16.7. The van der Waals surface area contributed by atoms with E-state index in [1.165, 1.54) is 0 Å². The predicted octanol–water partition coefficient (Wildman–Crippen LogP) is 8.10. The van der Waals surface area contributed by atoms with Crippen molar-refractivity contribution in [3.8, 4) is 28.1 Å². The van der Waals surface area contributed by atoms with Crippen LogP contribution in [0.2, 0.25) is 0 Å². The third-order valence-corrected chi connectivity index (χ3v) is 10.2. The van der Waals surface area contributed by atoms with Crippen LogP contribution in [0.5, 0.6) is 5.75 Å². The van der Waals surface area contributed by atoms with Crippen molar-refractivity contribution in [2.75, 3.05) is 26.8 Å². The lowest BCUT2D eigenvalue weighted by Gasteiger charge is -2.30. The first-order chi connectivity index (χ1) is 24.3. The lowest BCUT2D eigenvalue weighted by Crippen LogP contribution is -2.38. The van der Waals surface area contributed by atoms with E-state index in [1.54, 1.807) is 7.11 Å². The summed E-state index contributed by atoms with van der Waals surface area (Å²) in [5, 5.41) is 2.13. The number of likely N-dealkylation sites (tertiary alicyclic amines) is 1. The summed E-state index contributed by atoms with van der Waals surface area (Å²) in [6.07, 6.45) is 6.51. The highest BCUT2D eigenvalue weighted by Crippen LogP contribution is 2.43. The Kier molecular flexibility index (Phi) is 9.64. The molecule has 5 aromatic rings. The van der Waals surface area contributed by atoms with E-state index in [-0.39, 0.29) is 29.8 Å². The number of aromatic nitrogens is 4. The lowest BCUT2D eigenvalue weighted by molar-refractivity contribution is -0.134. The number of aromatic amines is 2. The number of H-pyrrole nitrogens is 2. The van der Waals surface area contributed by atoms with Crippen LogP contribution in [0.15, 0.2) is 48.7 Å². The van der Waals surface area contributed by atoms with Gasteiger partial charge in [-0.15, -0.1) is 0 Å². The molecule has 1 fully saturated rings. The molecule has 1 saturated heterocycles. The van der Waals surface area contributed by atoms with Gasteiger partial charge in [0.15, 0.2) is 0 Å². The van der Waals surface area contributed by atoms with Crippen LogP contribution in [-0.4, -0.2) is 68.4 Å². The molecule has 2 amide bonds. The van der Waals surface area contributed by atoms with Gasteiger partial charge in [-0.2, -0.15) is 0 Å². The van der Waals surface area contributed by atoms with Crippen molar-refractivity contribution in [2.24, 2.45) is 5.92 Å². The number of benzene rings is 3. The Morgan fingerprint density at radius 3 is 2.70 bits per heavy atom. The maximum absolute atomic E-state index is 13.1. The van der Waals surface area contributed by atoms with E-state index in [0.717, 1.165) is 99.4 Å². The zero-order valence-corrected chi connectivity index (χ0v) is 29.8. The lowest BCUT2D eigenvalue weighted by atomic mass is 9.92. The maximum Gasteiger partial charge on any atom is 0.223 e. The minimum atomic E-state index is -0.194. The summed E-state index contributed by atoms with van der Waals surface area (Å²) < 4.78 is 11.7. The topological polar surface area (TPSA) is 116 Å². The van der Waals surface area contributed by atoms with Crippen molar-refractivity contribution in [1.82, 2.24) is 29.7 Å². The van der Waals surface area contributed by atoms with Crippen molar-refractivity contribution in [3.05, 3.63) is 65.9 Å². The van der Waals surface area contributed by atoms with E-state index in [4.69, 9.17) is 19.4 Å². The number of nitrogens with one attached hydrogen (secondary N) is 2. The smallest absolute Gasteiger partial charge is 0.223 e. The Labute approximate surface area is 293 Å². The fraction of sp³-hybridized carbons (Fsp3) is 0.450. The van der Waals surface area contributed by atoms with Gasteiger partial charge >= 0.3 is 0 Å². The van der Waals surface area contributed by atoms with Crippen molar-refractivity contribution in [1.29, 1.82) is 0 Å². The first-order valence-electron chi connectivity index (χ1n) is 18.1. The molecule has 4 heterocycles. The van der Waals surface area contributed by atoms with Crippen molar-refractivity contribution in [3.63, 3.8) is 0 Å². The summed E-state index contributed by atoms with van der Waals surface area (Å²) in [6, 6.07) is 14.8. The van der Waals surface area contributed by atoms with Gasteiger partial charge in [0.1, 0.15) is 24.0 Å². The Morgan fingerprint density at radius 1 is 1.06 bits per heavy atom. The molecular weight excluding hydrogens is 628 g/mol. The van der Waals surface area contributed by atoms with Gasteiger partial charge < -0.3 is 29.2 Å². The average molecular weight is 677 g/mol. The van der Waals surface area contributed by atoms with Crippen LogP contribution in [0.4, 0.5) is 0 Å². The standard InChI is InChI=1S/C40H48N6O4/c1-6-9-36(47)45-16-8-11-34(45)40-42-32-15-13-26-18-31-29-14-12-27(17-28(29)23-50-35(31)19-30(26)38(32)44-40)33-20-41-39(43-33)25(4)46(37(48)10-7-2)21-24(3)22-49-5/h12-15,17-20,24-25,34H,6-11,16,21-23H2,1-5H3,(H,41,43)(H,42,44). The van der Waals surface area contributed by atoms with Gasteiger partial charge in [0.25, 0.3) is 0 Å². The number of hydrogen-bond donors (Lipinski definition) is 2. The summed E-state index contributed by atoms with van der Waals surface area (Å²) in [5.74, 6) is 3.02. The van der Waals surface area contributed by atoms with Crippen molar-refractivity contribution >= 4 is 33.6 Å². The van der Waals surface area contributed by atoms with E-state index in [9.17, 15) is 9.59 Å². The molecule has 3 unspecified atom stereocenters. The molecule has 2 N–H and O–H groups in total. The highest BCUT2D eigenvalue weighted by Gasteiger charge is 2.32. The summed E-state index contributed by atoms with van der Waals surface area (Å²) >= 11 is 0. The second-order valence-electron chi connectivity index (χ2n) is 14.0. The number of imidazole rings is 2. The minimum absolute atomic E-state index is 0.00676. The molecule has 0 aliphatic carbocycles. The van der Waals surface area contributed by atoms with E-state index in [0.29, 0.717) is 32.6 Å². The second-order valence-corrected chi connectivity index (χ2v) is 14.0. The van der Waals surface area contributed by atoms with Gasteiger partial charge in [0.2, 0.25) is 11.8 Å². The second kappa shape index (κ2) is 14.3. The number of amides is 2.